The van der Waals surface area contributed by atoms with E-state index >= 15 is 0 Å². The summed E-state index contributed by atoms with van der Waals surface area (Å²) in [6.07, 6.45) is 38.4. The van der Waals surface area contributed by atoms with Crippen molar-refractivity contribution in [1.29, 1.82) is 21.0 Å². The van der Waals surface area contributed by atoms with Crippen molar-refractivity contribution in [1.82, 2.24) is 0 Å². The number of unbranched alkanes of at least 4 members (excludes halogenated alkanes) is 4. The molecule has 4 fully saturated rings. The quantitative estimate of drug-likeness (QED) is 0.109. The van der Waals surface area contributed by atoms with Crippen LogP contribution in [-0.2, 0) is 17.6 Å². The number of rotatable bonds is 22. The number of allylic oxidation sites excluding steroid dienone is 2. The van der Waals surface area contributed by atoms with Crippen molar-refractivity contribution in [2.75, 3.05) is 13.2 Å². The van der Waals surface area contributed by atoms with Gasteiger partial charge in [0, 0.05) is 0 Å². The lowest BCUT2D eigenvalue weighted by atomic mass is 9.67. The van der Waals surface area contributed by atoms with E-state index in [1.165, 1.54) is 114 Å². The lowest BCUT2D eigenvalue weighted by molar-refractivity contribution is 0.153. The Hall–Kier alpha value is -4.16. The van der Waals surface area contributed by atoms with E-state index in [0.29, 0.717) is 47.3 Å². The molecule has 2 aromatic rings. The second-order valence-electron chi connectivity index (χ2n) is 21.6. The number of benzene rings is 2. The van der Waals surface area contributed by atoms with Crippen LogP contribution in [0.2, 0.25) is 0 Å². The molecule has 0 spiro atoms. The first-order valence-electron chi connectivity index (χ1n) is 27.8. The second-order valence-corrected chi connectivity index (χ2v) is 21.6. The zero-order valence-electron chi connectivity index (χ0n) is 42.5. The van der Waals surface area contributed by atoms with Crippen molar-refractivity contribution in [2.45, 2.75) is 207 Å². The molecule has 0 aromatic heterocycles. The van der Waals surface area contributed by atoms with Crippen molar-refractivity contribution in [3.8, 4) is 24.3 Å². The maximum absolute atomic E-state index is 10.7. The third kappa shape index (κ3) is 14.0. The minimum absolute atomic E-state index is 0.322. The summed E-state index contributed by atoms with van der Waals surface area (Å²) in [6.45, 7) is 9.86. The largest absolute Gasteiger partial charge is 0.373 e. The van der Waals surface area contributed by atoms with Crippen LogP contribution in [0.5, 0.6) is 0 Å². The zero-order valence-corrected chi connectivity index (χ0v) is 42.5. The highest BCUT2D eigenvalue weighted by Crippen LogP contribution is 2.48. The summed E-state index contributed by atoms with van der Waals surface area (Å²) >= 11 is 0. The van der Waals surface area contributed by atoms with E-state index in [2.05, 4.69) is 88.4 Å². The molecule has 67 heavy (non-hydrogen) atoms. The van der Waals surface area contributed by atoms with Crippen LogP contribution < -0.4 is 0 Å². The van der Waals surface area contributed by atoms with E-state index in [1.54, 1.807) is 0 Å². The van der Waals surface area contributed by atoms with Crippen molar-refractivity contribution >= 4 is 11.1 Å². The molecule has 5 heteroatoms. The number of nitriles is 4. The van der Waals surface area contributed by atoms with E-state index in [-0.39, 0.29) is 0 Å². The van der Waals surface area contributed by atoms with Gasteiger partial charge in [0.15, 0.2) is 0 Å². The van der Waals surface area contributed by atoms with Crippen LogP contribution in [0.15, 0.2) is 36.4 Å². The summed E-state index contributed by atoms with van der Waals surface area (Å²) in [7, 11) is 0. The summed E-state index contributed by atoms with van der Waals surface area (Å²) in [5.41, 5.74) is 8.32. The van der Waals surface area contributed by atoms with Crippen molar-refractivity contribution < 1.29 is 4.74 Å². The minimum atomic E-state index is 0.322. The molecule has 0 unspecified atom stereocenters. The smallest absolute Gasteiger partial charge is 0.101 e. The SMILES string of the molecule is CCCCCc1ccc(C(=CCOCC=C(c2ccc(CCCCC)c(C#N)c2C#N)[C@H]2CC[C@H]([C@H]3CC[C@H](CCC)CC3)CC2)[C@H]2CC[C@H]([C@H]3CC[C@H](CCC)CC3)CC2)c(C#N)c1C#N. The van der Waals surface area contributed by atoms with Gasteiger partial charge in [-0.25, -0.2) is 0 Å². The molecule has 0 atom stereocenters. The van der Waals surface area contributed by atoms with Gasteiger partial charge in [0.25, 0.3) is 0 Å². The Kier molecular flexibility index (Phi) is 21.6. The van der Waals surface area contributed by atoms with Gasteiger partial charge in [-0.15, -0.1) is 0 Å². The molecule has 360 valence electrons. The summed E-state index contributed by atoms with van der Waals surface area (Å²) in [4.78, 5) is 0. The van der Waals surface area contributed by atoms with Crippen molar-refractivity contribution in [3.05, 3.63) is 80.9 Å². The molecule has 0 saturated heterocycles. The fourth-order valence-electron chi connectivity index (χ4n) is 13.7. The second kappa shape index (κ2) is 27.7. The molecule has 4 aliphatic rings. The fraction of sp³-hybridized carbons (Fsp3) is 0.677. The van der Waals surface area contributed by atoms with Crippen molar-refractivity contribution in [2.24, 2.45) is 47.3 Å². The molecule has 0 heterocycles. The number of nitrogens with zero attached hydrogens (tertiary/aromatic N) is 4. The topological polar surface area (TPSA) is 104 Å². The number of hydrogen-bond donors (Lipinski definition) is 0. The predicted molar refractivity (Wildman–Crippen MR) is 277 cm³/mol. The monoisotopic (exact) mass is 903 g/mol. The van der Waals surface area contributed by atoms with Crippen LogP contribution in [0, 0.1) is 92.7 Å². The Morgan fingerprint density at radius 2 is 0.791 bits per heavy atom. The van der Waals surface area contributed by atoms with Gasteiger partial charge in [-0.3, -0.25) is 0 Å². The third-order valence-electron chi connectivity index (χ3n) is 17.5. The molecule has 0 bridgehead atoms. The Labute approximate surface area is 408 Å². The summed E-state index contributed by atoms with van der Waals surface area (Å²) in [5, 5.41) is 42.4. The third-order valence-corrected chi connectivity index (χ3v) is 17.5. The van der Waals surface area contributed by atoms with Gasteiger partial charge in [0.2, 0.25) is 0 Å². The molecule has 5 nitrogen and oxygen atoms in total. The normalized spacial score (nSPS) is 26.0. The Morgan fingerprint density at radius 1 is 0.448 bits per heavy atom. The molecule has 4 saturated carbocycles. The zero-order chi connectivity index (χ0) is 47.4. The van der Waals surface area contributed by atoms with Crippen LogP contribution in [0.25, 0.3) is 11.1 Å². The highest BCUT2D eigenvalue weighted by Gasteiger charge is 2.35. The minimum Gasteiger partial charge on any atom is -0.373 e. The first kappa shape index (κ1) is 52.2. The molecule has 0 aliphatic heterocycles. The van der Waals surface area contributed by atoms with Crippen LogP contribution in [0.4, 0.5) is 0 Å². The average molecular weight is 903 g/mol. The van der Waals surface area contributed by atoms with E-state index in [9.17, 15) is 21.0 Å². The number of hydrogen-bond acceptors (Lipinski definition) is 5. The summed E-state index contributed by atoms with van der Waals surface area (Å²) < 4.78 is 6.60. The van der Waals surface area contributed by atoms with Gasteiger partial charge in [-0.1, -0.05) is 141 Å². The first-order valence-corrected chi connectivity index (χ1v) is 27.8. The molecular formula is C62H86N4O. The summed E-state index contributed by atoms with van der Waals surface area (Å²) in [5.74, 6) is 5.74. The Morgan fingerprint density at radius 3 is 1.10 bits per heavy atom. The standard InChI is InChI=1S/C62H86N4O/c1-5-9-11-15-51-33-35-57(61(43-65)59(51)41-63)55(53-29-25-49(26-30-53)47-21-17-45(13-7-3)18-22-47)37-39-67-40-38-56(58-36-34-52(16-12-10-6-2)60(42-64)62(58)44-66)54-31-27-50(28-32-54)48-23-19-46(14-8-4)20-24-48/h33-38,45-50,53-54H,5-32,39-40H2,1-4H3/t45-,46-,47-,48-,49-,50-,53-,54-. The van der Waals surface area contributed by atoms with Crippen LogP contribution in [-0.4, -0.2) is 13.2 Å². The lowest BCUT2D eigenvalue weighted by Crippen LogP contribution is -2.26. The fourth-order valence-corrected chi connectivity index (χ4v) is 13.7. The lowest BCUT2D eigenvalue weighted by Gasteiger charge is -2.38. The van der Waals surface area contributed by atoms with Crippen molar-refractivity contribution in [3.63, 3.8) is 0 Å². The molecule has 6 rings (SSSR count). The van der Waals surface area contributed by atoms with E-state index < -0.39 is 0 Å². The van der Waals surface area contributed by atoms with E-state index in [0.717, 1.165) is 135 Å². The maximum Gasteiger partial charge on any atom is 0.101 e. The van der Waals surface area contributed by atoms with Gasteiger partial charge < -0.3 is 4.74 Å². The molecule has 4 aliphatic carbocycles. The molecule has 0 radical (unpaired) electrons. The average Bonchev–Trinajstić information content (AvgIpc) is 3.37. The molecular weight excluding hydrogens is 817 g/mol. The predicted octanol–water partition coefficient (Wildman–Crippen LogP) is 16.9. The van der Waals surface area contributed by atoms with Gasteiger partial charge in [0.05, 0.1) is 35.5 Å². The van der Waals surface area contributed by atoms with E-state index in [1.807, 2.05) is 0 Å². The van der Waals surface area contributed by atoms with Crippen LogP contribution >= 0.6 is 0 Å². The number of ether oxygens (including phenoxy) is 1. The Bertz CT molecular complexity index is 1940. The van der Waals surface area contributed by atoms with Gasteiger partial charge in [-0.2, -0.15) is 21.0 Å². The molecule has 0 amide bonds. The highest BCUT2D eigenvalue weighted by molar-refractivity contribution is 5.77. The molecule has 0 N–H and O–H groups in total. The molecule has 2 aromatic carbocycles. The number of aryl methyl sites for hydroxylation is 2. The van der Waals surface area contributed by atoms with Crippen LogP contribution in [0.3, 0.4) is 0 Å². The van der Waals surface area contributed by atoms with Gasteiger partial charge >= 0.3 is 0 Å². The Balaban J connectivity index is 1.24. The van der Waals surface area contributed by atoms with Gasteiger partial charge in [-0.05, 0) is 183 Å². The van der Waals surface area contributed by atoms with E-state index in [4.69, 9.17) is 4.74 Å². The first-order chi connectivity index (χ1) is 32.9. The van der Waals surface area contributed by atoms with Crippen LogP contribution in [0.1, 0.15) is 239 Å². The van der Waals surface area contributed by atoms with Gasteiger partial charge in [0.1, 0.15) is 24.3 Å². The highest BCUT2D eigenvalue weighted by atomic mass is 16.5. The maximum atomic E-state index is 10.7. The summed E-state index contributed by atoms with van der Waals surface area (Å²) in [6, 6.07) is 18.5.